The van der Waals surface area contributed by atoms with Crippen LogP contribution in [0, 0.1) is 12.8 Å². The van der Waals surface area contributed by atoms with Crippen molar-refractivity contribution in [2.24, 2.45) is 5.92 Å². The van der Waals surface area contributed by atoms with Gasteiger partial charge in [-0.05, 0) is 43.4 Å². The Labute approximate surface area is 126 Å². The number of anilines is 1. The van der Waals surface area contributed by atoms with Crippen LogP contribution in [0.25, 0.3) is 0 Å². The minimum atomic E-state index is -0.0662. The largest absolute Gasteiger partial charge is 0.352 e. The van der Waals surface area contributed by atoms with Crippen LogP contribution in [-0.4, -0.2) is 24.9 Å². The molecule has 1 aromatic carbocycles. The van der Waals surface area contributed by atoms with E-state index >= 15 is 0 Å². The third-order valence-electron chi connectivity index (χ3n) is 3.84. The minimum Gasteiger partial charge on any atom is -0.352 e. The molecule has 1 saturated heterocycles. The van der Waals surface area contributed by atoms with E-state index in [9.17, 15) is 9.59 Å². The zero-order valence-corrected chi connectivity index (χ0v) is 13.1. The molecule has 1 aromatic rings. The van der Waals surface area contributed by atoms with Crippen LogP contribution in [0.4, 0.5) is 5.69 Å². The van der Waals surface area contributed by atoms with Crippen molar-refractivity contribution in [3.8, 4) is 0 Å². The van der Waals surface area contributed by atoms with Gasteiger partial charge in [0.25, 0.3) is 5.91 Å². The summed E-state index contributed by atoms with van der Waals surface area (Å²) in [6.07, 6.45) is 2.46. The van der Waals surface area contributed by atoms with Crippen molar-refractivity contribution in [3.05, 3.63) is 29.3 Å². The van der Waals surface area contributed by atoms with Gasteiger partial charge in [0.15, 0.2) is 0 Å². The van der Waals surface area contributed by atoms with Gasteiger partial charge in [-0.2, -0.15) is 0 Å². The lowest BCUT2D eigenvalue weighted by Gasteiger charge is -2.19. The van der Waals surface area contributed by atoms with Crippen LogP contribution in [0.3, 0.4) is 0 Å². The standard InChI is InChI=1S/C17H24N2O2/c1-12(2)8-9-18-17(21)14-7-6-13(3)15(11-14)19-10-4-5-16(19)20/h6-7,11-12H,4-5,8-10H2,1-3H3,(H,18,21). The summed E-state index contributed by atoms with van der Waals surface area (Å²) < 4.78 is 0. The van der Waals surface area contributed by atoms with Gasteiger partial charge < -0.3 is 10.2 Å². The third kappa shape index (κ3) is 3.84. The molecule has 4 heteroatoms. The SMILES string of the molecule is Cc1ccc(C(=O)NCCC(C)C)cc1N1CCCC1=O. The average Bonchev–Trinajstić information content (AvgIpc) is 2.85. The van der Waals surface area contributed by atoms with E-state index in [4.69, 9.17) is 0 Å². The maximum Gasteiger partial charge on any atom is 0.251 e. The van der Waals surface area contributed by atoms with Crippen molar-refractivity contribution < 1.29 is 9.59 Å². The molecule has 0 aliphatic carbocycles. The molecule has 1 N–H and O–H groups in total. The Bertz CT molecular complexity index is 538. The molecule has 0 radical (unpaired) electrons. The molecular weight excluding hydrogens is 264 g/mol. The number of nitrogens with zero attached hydrogens (tertiary/aromatic N) is 1. The number of rotatable bonds is 5. The molecule has 1 aliphatic rings. The molecule has 0 bridgehead atoms. The zero-order chi connectivity index (χ0) is 15.4. The van der Waals surface area contributed by atoms with Gasteiger partial charge in [-0.1, -0.05) is 19.9 Å². The van der Waals surface area contributed by atoms with E-state index in [0.717, 1.165) is 30.6 Å². The van der Waals surface area contributed by atoms with Crippen LogP contribution in [-0.2, 0) is 4.79 Å². The summed E-state index contributed by atoms with van der Waals surface area (Å²) in [7, 11) is 0. The molecule has 4 nitrogen and oxygen atoms in total. The first-order chi connectivity index (χ1) is 9.99. The topological polar surface area (TPSA) is 49.4 Å². The summed E-state index contributed by atoms with van der Waals surface area (Å²) in [5.41, 5.74) is 2.53. The smallest absolute Gasteiger partial charge is 0.251 e. The van der Waals surface area contributed by atoms with Crippen LogP contribution in [0.1, 0.15) is 49.0 Å². The van der Waals surface area contributed by atoms with Gasteiger partial charge in [-0.3, -0.25) is 9.59 Å². The van der Waals surface area contributed by atoms with E-state index in [1.165, 1.54) is 0 Å². The van der Waals surface area contributed by atoms with Crippen molar-refractivity contribution in [1.29, 1.82) is 0 Å². The predicted molar refractivity (Wildman–Crippen MR) is 84.6 cm³/mol. The molecule has 1 fully saturated rings. The van der Waals surface area contributed by atoms with Crippen LogP contribution in [0.15, 0.2) is 18.2 Å². The molecule has 2 rings (SSSR count). The van der Waals surface area contributed by atoms with Gasteiger partial charge in [-0.25, -0.2) is 0 Å². The van der Waals surface area contributed by atoms with Gasteiger partial charge in [0.2, 0.25) is 5.91 Å². The second-order valence-electron chi connectivity index (χ2n) is 6.09. The maximum atomic E-state index is 12.2. The Balaban J connectivity index is 2.11. The number of carbonyl (C=O) groups is 2. The molecule has 0 saturated carbocycles. The van der Waals surface area contributed by atoms with Gasteiger partial charge in [-0.15, -0.1) is 0 Å². The Kier molecular flexibility index (Phi) is 4.99. The highest BCUT2D eigenvalue weighted by molar-refractivity contribution is 5.99. The van der Waals surface area contributed by atoms with Gasteiger partial charge in [0.05, 0.1) is 0 Å². The normalized spacial score (nSPS) is 14.9. The fourth-order valence-corrected chi connectivity index (χ4v) is 2.52. The van der Waals surface area contributed by atoms with Gasteiger partial charge in [0.1, 0.15) is 0 Å². The molecule has 0 atom stereocenters. The highest BCUT2D eigenvalue weighted by atomic mass is 16.2. The molecule has 0 unspecified atom stereocenters. The number of benzene rings is 1. The zero-order valence-electron chi connectivity index (χ0n) is 13.1. The van der Waals surface area contributed by atoms with Crippen LogP contribution in [0.2, 0.25) is 0 Å². The van der Waals surface area contributed by atoms with E-state index in [1.807, 2.05) is 25.1 Å². The number of amides is 2. The fourth-order valence-electron chi connectivity index (χ4n) is 2.52. The van der Waals surface area contributed by atoms with Crippen molar-refractivity contribution in [3.63, 3.8) is 0 Å². The number of aryl methyl sites for hydroxylation is 1. The van der Waals surface area contributed by atoms with Crippen LogP contribution in [0.5, 0.6) is 0 Å². The molecule has 1 heterocycles. The lowest BCUT2D eigenvalue weighted by Crippen LogP contribution is -2.27. The van der Waals surface area contributed by atoms with Crippen molar-refractivity contribution in [2.45, 2.75) is 40.0 Å². The molecule has 1 aliphatic heterocycles. The van der Waals surface area contributed by atoms with Gasteiger partial charge in [0, 0.05) is 30.8 Å². The van der Waals surface area contributed by atoms with E-state index in [0.29, 0.717) is 24.4 Å². The van der Waals surface area contributed by atoms with Crippen LogP contribution >= 0.6 is 0 Å². The van der Waals surface area contributed by atoms with E-state index in [2.05, 4.69) is 19.2 Å². The summed E-state index contributed by atoms with van der Waals surface area (Å²) in [4.78, 5) is 25.8. The summed E-state index contributed by atoms with van der Waals surface area (Å²) in [6, 6.07) is 5.58. The predicted octanol–water partition coefficient (Wildman–Crippen LogP) is 2.90. The van der Waals surface area contributed by atoms with Crippen molar-refractivity contribution in [2.75, 3.05) is 18.0 Å². The summed E-state index contributed by atoms with van der Waals surface area (Å²) in [6.45, 7) is 7.67. The lowest BCUT2D eigenvalue weighted by atomic mass is 10.1. The monoisotopic (exact) mass is 288 g/mol. The quantitative estimate of drug-likeness (QED) is 0.905. The van der Waals surface area contributed by atoms with Gasteiger partial charge >= 0.3 is 0 Å². The number of carbonyl (C=O) groups excluding carboxylic acids is 2. The van der Waals surface area contributed by atoms with E-state index in [-0.39, 0.29) is 11.8 Å². The minimum absolute atomic E-state index is 0.0662. The summed E-state index contributed by atoms with van der Waals surface area (Å²) >= 11 is 0. The first kappa shape index (κ1) is 15.5. The van der Waals surface area contributed by atoms with Crippen molar-refractivity contribution in [1.82, 2.24) is 5.32 Å². The lowest BCUT2D eigenvalue weighted by molar-refractivity contribution is -0.117. The number of nitrogens with one attached hydrogen (secondary N) is 1. The summed E-state index contributed by atoms with van der Waals surface area (Å²) in [5, 5.41) is 2.94. The Morgan fingerprint density at radius 2 is 2.14 bits per heavy atom. The highest BCUT2D eigenvalue weighted by Crippen LogP contribution is 2.26. The third-order valence-corrected chi connectivity index (χ3v) is 3.84. The number of hydrogen-bond donors (Lipinski definition) is 1. The molecule has 2 amide bonds. The Hall–Kier alpha value is -1.84. The van der Waals surface area contributed by atoms with E-state index in [1.54, 1.807) is 4.90 Å². The summed E-state index contributed by atoms with van der Waals surface area (Å²) in [5.74, 6) is 0.653. The Morgan fingerprint density at radius 1 is 1.38 bits per heavy atom. The van der Waals surface area contributed by atoms with Crippen molar-refractivity contribution >= 4 is 17.5 Å². The number of hydrogen-bond acceptors (Lipinski definition) is 2. The van der Waals surface area contributed by atoms with Crippen LogP contribution < -0.4 is 10.2 Å². The Morgan fingerprint density at radius 3 is 2.76 bits per heavy atom. The molecule has 0 spiro atoms. The first-order valence-corrected chi connectivity index (χ1v) is 7.68. The molecule has 114 valence electrons. The fraction of sp³-hybridized carbons (Fsp3) is 0.529. The van der Waals surface area contributed by atoms with E-state index < -0.39 is 0 Å². The molecule has 21 heavy (non-hydrogen) atoms. The second-order valence-corrected chi connectivity index (χ2v) is 6.09. The second kappa shape index (κ2) is 6.74. The average molecular weight is 288 g/mol. The maximum absolute atomic E-state index is 12.2. The molecular formula is C17H24N2O2. The highest BCUT2D eigenvalue weighted by Gasteiger charge is 2.23. The first-order valence-electron chi connectivity index (χ1n) is 7.68. The molecule has 0 aromatic heterocycles.